The highest BCUT2D eigenvalue weighted by molar-refractivity contribution is 7.07. The standard InChI is InChI=1S/C18H23NS/c1-3-7-16(8-4-1)18(17-9-5-2-6-10-17)19-13-15-11-12-20-14-15/h1,3-4,7-8,11-12,14,17-19H,2,5-6,9-10,13H2. The Balaban J connectivity index is 1.72. The lowest BCUT2D eigenvalue weighted by Gasteiger charge is -2.31. The van der Waals surface area contributed by atoms with Crippen LogP contribution >= 0.6 is 11.3 Å². The third-order valence-corrected chi connectivity index (χ3v) is 5.12. The van der Waals surface area contributed by atoms with Crippen molar-refractivity contribution < 1.29 is 0 Å². The fraction of sp³-hybridized carbons (Fsp3) is 0.444. The molecule has 0 spiro atoms. The van der Waals surface area contributed by atoms with Crippen LogP contribution in [0.3, 0.4) is 0 Å². The van der Waals surface area contributed by atoms with Crippen molar-refractivity contribution in [1.82, 2.24) is 5.32 Å². The molecule has 0 radical (unpaired) electrons. The van der Waals surface area contributed by atoms with Crippen molar-refractivity contribution >= 4 is 11.3 Å². The molecule has 2 aromatic rings. The number of nitrogens with one attached hydrogen (secondary N) is 1. The first-order valence-corrected chi connectivity index (χ1v) is 8.67. The van der Waals surface area contributed by atoms with Crippen molar-refractivity contribution in [3.05, 3.63) is 58.3 Å². The Labute approximate surface area is 126 Å². The third kappa shape index (κ3) is 3.50. The molecule has 1 saturated carbocycles. The van der Waals surface area contributed by atoms with Gasteiger partial charge in [0.2, 0.25) is 0 Å². The SMILES string of the molecule is c1ccc(C(NCc2ccsc2)C2CCCCC2)cc1. The first kappa shape index (κ1) is 13.8. The molecule has 1 aliphatic rings. The lowest BCUT2D eigenvalue weighted by atomic mass is 9.81. The second kappa shape index (κ2) is 7.05. The number of benzene rings is 1. The molecule has 0 bridgehead atoms. The van der Waals surface area contributed by atoms with Gasteiger partial charge in [-0.15, -0.1) is 0 Å². The van der Waals surface area contributed by atoms with Gasteiger partial charge < -0.3 is 5.32 Å². The highest BCUT2D eigenvalue weighted by Crippen LogP contribution is 2.34. The van der Waals surface area contributed by atoms with Crippen LogP contribution in [0.4, 0.5) is 0 Å². The van der Waals surface area contributed by atoms with Gasteiger partial charge in [0.05, 0.1) is 0 Å². The average molecular weight is 285 g/mol. The zero-order valence-electron chi connectivity index (χ0n) is 11.9. The summed E-state index contributed by atoms with van der Waals surface area (Å²) < 4.78 is 0. The van der Waals surface area contributed by atoms with Crippen LogP contribution in [-0.2, 0) is 6.54 Å². The summed E-state index contributed by atoms with van der Waals surface area (Å²) in [6.45, 7) is 0.986. The summed E-state index contributed by atoms with van der Waals surface area (Å²) in [6.07, 6.45) is 6.96. The number of thiophene rings is 1. The van der Waals surface area contributed by atoms with Crippen LogP contribution in [0.15, 0.2) is 47.2 Å². The highest BCUT2D eigenvalue weighted by Gasteiger charge is 2.24. The molecular weight excluding hydrogens is 262 g/mol. The van der Waals surface area contributed by atoms with Crippen LogP contribution in [0.2, 0.25) is 0 Å². The van der Waals surface area contributed by atoms with Crippen molar-refractivity contribution in [3.63, 3.8) is 0 Å². The molecule has 1 aromatic heterocycles. The van der Waals surface area contributed by atoms with Crippen molar-refractivity contribution in [2.24, 2.45) is 5.92 Å². The molecule has 1 aliphatic carbocycles. The monoisotopic (exact) mass is 285 g/mol. The van der Waals surface area contributed by atoms with Crippen LogP contribution in [-0.4, -0.2) is 0 Å². The van der Waals surface area contributed by atoms with Gasteiger partial charge in [-0.1, -0.05) is 49.6 Å². The summed E-state index contributed by atoms with van der Waals surface area (Å²) in [7, 11) is 0. The zero-order chi connectivity index (χ0) is 13.6. The Kier molecular flexibility index (Phi) is 4.88. The van der Waals surface area contributed by atoms with Gasteiger partial charge >= 0.3 is 0 Å². The van der Waals surface area contributed by atoms with Gasteiger partial charge in [0, 0.05) is 12.6 Å². The molecule has 2 heteroatoms. The molecular formula is C18H23NS. The molecule has 3 rings (SSSR count). The highest BCUT2D eigenvalue weighted by atomic mass is 32.1. The molecule has 1 heterocycles. The van der Waals surface area contributed by atoms with E-state index in [4.69, 9.17) is 0 Å². The maximum Gasteiger partial charge on any atom is 0.0351 e. The fourth-order valence-electron chi connectivity index (χ4n) is 3.31. The average Bonchev–Trinajstić information content (AvgIpc) is 3.03. The quantitative estimate of drug-likeness (QED) is 0.800. The molecule has 1 N–H and O–H groups in total. The molecule has 1 aromatic carbocycles. The van der Waals surface area contributed by atoms with Gasteiger partial charge in [-0.05, 0) is 46.7 Å². The van der Waals surface area contributed by atoms with E-state index in [9.17, 15) is 0 Å². The van der Waals surface area contributed by atoms with E-state index in [1.165, 1.54) is 43.2 Å². The molecule has 20 heavy (non-hydrogen) atoms. The number of hydrogen-bond donors (Lipinski definition) is 1. The summed E-state index contributed by atoms with van der Waals surface area (Å²) >= 11 is 1.78. The zero-order valence-corrected chi connectivity index (χ0v) is 12.7. The minimum atomic E-state index is 0.511. The van der Waals surface area contributed by atoms with Crippen LogP contribution in [0, 0.1) is 5.92 Å². The molecule has 0 amide bonds. The second-order valence-corrected chi connectivity index (χ2v) is 6.58. The van der Waals surface area contributed by atoms with Crippen molar-refractivity contribution in [2.45, 2.75) is 44.7 Å². The van der Waals surface area contributed by atoms with Gasteiger partial charge in [-0.2, -0.15) is 11.3 Å². The van der Waals surface area contributed by atoms with E-state index in [0.29, 0.717) is 6.04 Å². The summed E-state index contributed by atoms with van der Waals surface area (Å²) in [5.74, 6) is 0.796. The lowest BCUT2D eigenvalue weighted by Crippen LogP contribution is -2.29. The van der Waals surface area contributed by atoms with Gasteiger partial charge in [0.25, 0.3) is 0 Å². The number of hydrogen-bond acceptors (Lipinski definition) is 2. The normalized spacial score (nSPS) is 18.0. The molecule has 0 saturated heterocycles. The van der Waals surface area contributed by atoms with Gasteiger partial charge in [-0.25, -0.2) is 0 Å². The first-order valence-electron chi connectivity index (χ1n) is 7.73. The minimum Gasteiger partial charge on any atom is -0.306 e. The summed E-state index contributed by atoms with van der Waals surface area (Å²) in [5, 5.41) is 8.22. The predicted octanol–water partition coefficient (Wildman–Crippen LogP) is 5.16. The van der Waals surface area contributed by atoms with Crippen LogP contribution in [0.1, 0.15) is 49.3 Å². The summed E-state index contributed by atoms with van der Waals surface area (Å²) in [6, 6.07) is 13.7. The largest absolute Gasteiger partial charge is 0.306 e. The fourth-order valence-corrected chi connectivity index (χ4v) is 3.97. The van der Waals surface area contributed by atoms with Crippen LogP contribution in [0.25, 0.3) is 0 Å². The molecule has 1 nitrogen and oxygen atoms in total. The minimum absolute atomic E-state index is 0.511. The molecule has 1 unspecified atom stereocenters. The Bertz CT molecular complexity index is 485. The van der Waals surface area contributed by atoms with Crippen molar-refractivity contribution in [1.29, 1.82) is 0 Å². The van der Waals surface area contributed by atoms with E-state index in [1.807, 2.05) is 0 Å². The van der Waals surface area contributed by atoms with Crippen molar-refractivity contribution in [2.75, 3.05) is 0 Å². The molecule has 106 valence electrons. The Morgan fingerprint density at radius 3 is 2.55 bits per heavy atom. The van der Waals surface area contributed by atoms with Gasteiger partial charge in [0.1, 0.15) is 0 Å². The molecule has 1 atom stereocenters. The predicted molar refractivity (Wildman–Crippen MR) is 86.9 cm³/mol. The Hall–Kier alpha value is -1.12. The second-order valence-electron chi connectivity index (χ2n) is 5.80. The maximum atomic E-state index is 3.81. The Morgan fingerprint density at radius 1 is 1.05 bits per heavy atom. The van der Waals surface area contributed by atoms with Gasteiger partial charge in [0.15, 0.2) is 0 Å². The maximum absolute atomic E-state index is 3.81. The van der Waals surface area contributed by atoms with Crippen LogP contribution in [0.5, 0.6) is 0 Å². The van der Waals surface area contributed by atoms with E-state index in [2.05, 4.69) is 52.5 Å². The van der Waals surface area contributed by atoms with Gasteiger partial charge in [-0.3, -0.25) is 0 Å². The van der Waals surface area contributed by atoms with Crippen LogP contribution < -0.4 is 5.32 Å². The number of rotatable bonds is 5. The van der Waals surface area contributed by atoms with E-state index < -0.39 is 0 Å². The third-order valence-electron chi connectivity index (χ3n) is 4.39. The molecule has 1 fully saturated rings. The summed E-state index contributed by atoms with van der Waals surface area (Å²) in [4.78, 5) is 0. The molecule has 0 aliphatic heterocycles. The lowest BCUT2D eigenvalue weighted by molar-refractivity contribution is 0.270. The smallest absolute Gasteiger partial charge is 0.0351 e. The first-order chi connectivity index (χ1) is 9.93. The van der Waals surface area contributed by atoms with E-state index >= 15 is 0 Å². The Morgan fingerprint density at radius 2 is 1.85 bits per heavy atom. The van der Waals surface area contributed by atoms with E-state index in [-0.39, 0.29) is 0 Å². The van der Waals surface area contributed by atoms with E-state index in [1.54, 1.807) is 11.3 Å². The topological polar surface area (TPSA) is 12.0 Å². The van der Waals surface area contributed by atoms with Crippen molar-refractivity contribution in [3.8, 4) is 0 Å². The van der Waals surface area contributed by atoms with E-state index in [0.717, 1.165) is 12.5 Å². The summed E-state index contributed by atoms with van der Waals surface area (Å²) in [5.41, 5.74) is 2.86.